The molecule has 1 aromatic heterocycles. The summed E-state index contributed by atoms with van der Waals surface area (Å²) in [4.78, 5) is 0. The molecule has 0 spiro atoms. The number of anilines is 2. The molecule has 0 radical (unpaired) electrons. The smallest absolute Gasteiger partial charge is 0.148 e. The number of aromatic nitrogens is 2. The lowest BCUT2D eigenvalue weighted by molar-refractivity contribution is 0.716. The van der Waals surface area contributed by atoms with E-state index >= 15 is 0 Å². The summed E-state index contributed by atoms with van der Waals surface area (Å²) in [5.41, 5.74) is 7.56. The second-order valence-corrected chi connectivity index (χ2v) is 4.33. The molecule has 84 valence electrons. The van der Waals surface area contributed by atoms with Gasteiger partial charge in [-0.2, -0.15) is 5.10 Å². The number of nitrogens with two attached hydrogens (primary N) is 1. The highest BCUT2D eigenvalue weighted by Gasteiger charge is 2.15. The van der Waals surface area contributed by atoms with Gasteiger partial charge in [0.1, 0.15) is 5.82 Å². The molecule has 0 bridgehead atoms. The van der Waals surface area contributed by atoms with Crippen molar-refractivity contribution in [1.82, 2.24) is 9.78 Å². The van der Waals surface area contributed by atoms with Crippen LogP contribution in [0.15, 0.2) is 11.6 Å². The van der Waals surface area contributed by atoms with Crippen molar-refractivity contribution >= 4 is 23.1 Å². The molecular formula is C10H17ClN4. The van der Waals surface area contributed by atoms with Gasteiger partial charge in [-0.1, -0.05) is 32.0 Å². The third-order valence-electron chi connectivity index (χ3n) is 2.11. The van der Waals surface area contributed by atoms with Gasteiger partial charge in [-0.3, -0.25) is 4.68 Å². The second-order valence-electron chi connectivity index (χ2n) is 3.80. The predicted molar refractivity (Wildman–Crippen MR) is 65.2 cm³/mol. The van der Waals surface area contributed by atoms with Crippen molar-refractivity contribution < 1.29 is 0 Å². The summed E-state index contributed by atoms with van der Waals surface area (Å²) in [6.45, 7) is 8.21. The van der Waals surface area contributed by atoms with Crippen LogP contribution < -0.4 is 11.1 Å². The zero-order valence-corrected chi connectivity index (χ0v) is 10.1. The quantitative estimate of drug-likeness (QED) is 0.832. The van der Waals surface area contributed by atoms with Crippen LogP contribution in [0, 0.1) is 0 Å². The predicted octanol–water partition coefficient (Wildman–Crippen LogP) is 2.29. The van der Waals surface area contributed by atoms with E-state index in [1.165, 1.54) is 0 Å². The molecule has 0 aromatic carbocycles. The number of nitrogens with one attached hydrogen (secondary N) is 1. The number of nitrogens with zero attached hydrogens (tertiary/aromatic N) is 2. The largest absolute Gasteiger partial charge is 0.394 e. The molecule has 0 saturated heterocycles. The van der Waals surface area contributed by atoms with E-state index in [0.717, 1.165) is 11.5 Å². The normalized spacial score (nSPS) is 10.7. The first-order valence-electron chi connectivity index (χ1n) is 4.83. The summed E-state index contributed by atoms with van der Waals surface area (Å²) in [5.74, 6) is 1.10. The fraction of sp³-hybridized carbons (Fsp3) is 0.500. The van der Waals surface area contributed by atoms with Crippen LogP contribution in [-0.2, 0) is 7.05 Å². The van der Waals surface area contributed by atoms with E-state index in [-0.39, 0.29) is 0 Å². The van der Waals surface area contributed by atoms with Crippen molar-refractivity contribution in [3.8, 4) is 0 Å². The third kappa shape index (κ3) is 2.65. The Hall–Kier alpha value is -1.16. The highest BCUT2D eigenvalue weighted by Crippen LogP contribution is 2.27. The number of hydrogen-bond acceptors (Lipinski definition) is 3. The maximum atomic E-state index is 5.97. The molecule has 1 aromatic rings. The van der Waals surface area contributed by atoms with E-state index in [4.69, 9.17) is 17.3 Å². The summed E-state index contributed by atoms with van der Waals surface area (Å²) in [7, 11) is 1.85. The minimum absolute atomic E-state index is 0.311. The van der Waals surface area contributed by atoms with E-state index in [0.29, 0.717) is 23.2 Å². The molecular weight excluding hydrogens is 212 g/mol. The molecule has 1 rings (SSSR count). The van der Waals surface area contributed by atoms with Crippen molar-refractivity contribution in [1.29, 1.82) is 0 Å². The zero-order valence-electron chi connectivity index (χ0n) is 9.34. The SMILES string of the molecule is C=C(Cl)CNc1c(N)c(C(C)C)nn1C. The summed E-state index contributed by atoms with van der Waals surface area (Å²) >= 11 is 5.67. The number of hydrogen-bond donors (Lipinski definition) is 2. The lowest BCUT2D eigenvalue weighted by atomic mass is 10.1. The Morgan fingerprint density at radius 1 is 1.67 bits per heavy atom. The summed E-state index contributed by atoms with van der Waals surface area (Å²) < 4.78 is 1.73. The number of halogens is 1. The van der Waals surface area contributed by atoms with Gasteiger partial charge in [0.05, 0.1) is 17.9 Å². The van der Waals surface area contributed by atoms with Crippen LogP contribution >= 0.6 is 11.6 Å². The first kappa shape index (κ1) is 11.9. The van der Waals surface area contributed by atoms with Gasteiger partial charge >= 0.3 is 0 Å². The molecule has 0 amide bonds. The topological polar surface area (TPSA) is 55.9 Å². The second kappa shape index (κ2) is 4.57. The van der Waals surface area contributed by atoms with Crippen molar-refractivity contribution in [3.63, 3.8) is 0 Å². The van der Waals surface area contributed by atoms with Crippen LogP contribution in [0.25, 0.3) is 0 Å². The van der Waals surface area contributed by atoms with Crippen molar-refractivity contribution in [2.45, 2.75) is 19.8 Å². The Morgan fingerprint density at radius 3 is 2.67 bits per heavy atom. The first-order valence-corrected chi connectivity index (χ1v) is 5.20. The Labute approximate surface area is 95.1 Å². The molecule has 1 heterocycles. The van der Waals surface area contributed by atoms with E-state index in [1.807, 2.05) is 7.05 Å². The van der Waals surface area contributed by atoms with E-state index in [2.05, 4.69) is 30.8 Å². The van der Waals surface area contributed by atoms with E-state index < -0.39 is 0 Å². The molecule has 0 unspecified atom stereocenters. The minimum atomic E-state index is 0.311. The van der Waals surface area contributed by atoms with E-state index in [1.54, 1.807) is 4.68 Å². The molecule has 0 aliphatic carbocycles. The Bertz CT molecular complexity index is 368. The minimum Gasteiger partial charge on any atom is -0.394 e. The van der Waals surface area contributed by atoms with Crippen LogP contribution in [0.1, 0.15) is 25.5 Å². The van der Waals surface area contributed by atoms with Gasteiger partial charge in [0.2, 0.25) is 0 Å². The van der Waals surface area contributed by atoms with Gasteiger partial charge in [-0.15, -0.1) is 0 Å². The zero-order chi connectivity index (χ0) is 11.6. The summed E-state index contributed by atoms with van der Waals surface area (Å²) in [6.07, 6.45) is 0. The average molecular weight is 229 g/mol. The van der Waals surface area contributed by atoms with Crippen LogP contribution in [0.2, 0.25) is 0 Å². The fourth-order valence-electron chi connectivity index (χ4n) is 1.38. The van der Waals surface area contributed by atoms with Crippen molar-refractivity contribution in [2.75, 3.05) is 17.6 Å². The van der Waals surface area contributed by atoms with Crippen LogP contribution in [-0.4, -0.2) is 16.3 Å². The molecule has 5 heteroatoms. The first-order chi connectivity index (χ1) is 6.93. The van der Waals surface area contributed by atoms with Crippen LogP contribution in [0.4, 0.5) is 11.5 Å². The maximum absolute atomic E-state index is 5.97. The van der Waals surface area contributed by atoms with Crippen molar-refractivity contribution in [2.24, 2.45) is 7.05 Å². The van der Waals surface area contributed by atoms with Crippen LogP contribution in [0.3, 0.4) is 0 Å². The molecule has 0 saturated carbocycles. The molecule has 0 aliphatic heterocycles. The monoisotopic (exact) mass is 228 g/mol. The van der Waals surface area contributed by atoms with Gasteiger partial charge in [-0.25, -0.2) is 0 Å². The summed E-state index contributed by atoms with van der Waals surface area (Å²) in [6, 6.07) is 0. The maximum Gasteiger partial charge on any atom is 0.148 e. The molecule has 3 N–H and O–H groups in total. The van der Waals surface area contributed by atoms with Gasteiger partial charge in [0, 0.05) is 12.1 Å². The lowest BCUT2D eigenvalue weighted by Gasteiger charge is -2.06. The molecule has 0 aliphatic rings. The standard InChI is InChI=1S/C10H17ClN4/c1-6(2)9-8(12)10(15(4)14-9)13-5-7(3)11/h6,13H,3,5,12H2,1-2,4H3. The molecule has 0 atom stereocenters. The van der Waals surface area contributed by atoms with E-state index in [9.17, 15) is 0 Å². The van der Waals surface area contributed by atoms with Gasteiger partial charge in [-0.05, 0) is 5.92 Å². The van der Waals surface area contributed by atoms with Crippen LogP contribution in [0.5, 0.6) is 0 Å². The Balaban J connectivity index is 2.92. The number of nitrogen functional groups attached to an aromatic ring is 1. The van der Waals surface area contributed by atoms with Gasteiger partial charge < -0.3 is 11.1 Å². The summed E-state index contributed by atoms with van der Waals surface area (Å²) in [5, 5.41) is 7.99. The highest BCUT2D eigenvalue weighted by atomic mass is 35.5. The average Bonchev–Trinajstić information content (AvgIpc) is 2.39. The number of rotatable bonds is 4. The number of aryl methyl sites for hydroxylation is 1. The highest BCUT2D eigenvalue weighted by molar-refractivity contribution is 6.29. The third-order valence-corrected chi connectivity index (χ3v) is 2.24. The Kier molecular flexibility index (Phi) is 3.63. The Morgan fingerprint density at radius 2 is 2.27 bits per heavy atom. The molecule has 0 fully saturated rings. The lowest BCUT2D eigenvalue weighted by Crippen LogP contribution is -2.07. The van der Waals surface area contributed by atoms with Gasteiger partial charge in [0.25, 0.3) is 0 Å². The fourth-order valence-corrected chi connectivity index (χ4v) is 1.44. The molecule has 4 nitrogen and oxygen atoms in total. The molecule has 15 heavy (non-hydrogen) atoms. The van der Waals surface area contributed by atoms with Gasteiger partial charge in [0.15, 0.2) is 0 Å². The van der Waals surface area contributed by atoms with Crippen molar-refractivity contribution in [3.05, 3.63) is 17.3 Å².